The van der Waals surface area contributed by atoms with Crippen molar-refractivity contribution in [1.29, 1.82) is 0 Å². The molecule has 13 heavy (non-hydrogen) atoms. The van der Waals surface area contributed by atoms with Crippen molar-refractivity contribution in [2.45, 2.75) is 32.5 Å². The summed E-state index contributed by atoms with van der Waals surface area (Å²) >= 11 is 0. The molecule has 0 aliphatic carbocycles. The highest BCUT2D eigenvalue weighted by Crippen LogP contribution is 2.20. The molecule has 1 heterocycles. The molecule has 0 aliphatic heterocycles. The number of aromatic nitrogens is 3. The molecule has 0 saturated carbocycles. The van der Waals surface area contributed by atoms with Gasteiger partial charge in [0.25, 0.3) is 0 Å². The van der Waals surface area contributed by atoms with E-state index in [9.17, 15) is 13.2 Å². The largest absolute Gasteiger partial charge is 0.390 e. The van der Waals surface area contributed by atoms with E-state index < -0.39 is 12.6 Å². The third-order valence-electron chi connectivity index (χ3n) is 1.62. The van der Waals surface area contributed by atoms with Gasteiger partial charge in [-0.3, -0.25) is 0 Å². The van der Waals surface area contributed by atoms with E-state index in [2.05, 4.69) is 10.1 Å². The van der Waals surface area contributed by atoms with Crippen LogP contribution in [-0.4, -0.2) is 20.9 Å². The van der Waals surface area contributed by atoms with Crippen LogP contribution in [0.4, 0.5) is 13.2 Å². The van der Waals surface area contributed by atoms with Crippen molar-refractivity contribution in [2.24, 2.45) is 0 Å². The SMILES string of the molecule is CCc1ncnn1CCC(F)(F)F. The van der Waals surface area contributed by atoms with Gasteiger partial charge in [0.05, 0.1) is 13.0 Å². The van der Waals surface area contributed by atoms with E-state index in [0.717, 1.165) is 0 Å². The van der Waals surface area contributed by atoms with Gasteiger partial charge in [0.2, 0.25) is 0 Å². The van der Waals surface area contributed by atoms with Crippen molar-refractivity contribution in [2.75, 3.05) is 0 Å². The summed E-state index contributed by atoms with van der Waals surface area (Å²) < 4.78 is 36.8. The maximum Gasteiger partial charge on any atom is 0.390 e. The van der Waals surface area contributed by atoms with Crippen LogP contribution in [0.15, 0.2) is 6.33 Å². The minimum absolute atomic E-state index is 0.146. The molecule has 1 rings (SSSR count). The van der Waals surface area contributed by atoms with Gasteiger partial charge >= 0.3 is 6.18 Å². The van der Waals surface area contributed by atoms with Gasteiger partial charge in [-0.1, -0.05) is 6.92 Å². The Balaban J connectivity index is 2.54. The molecule has 0 amide bonds. The predicted molar refractivity (Wildman–Crippen MR) is 40.1 cm³/mol. The van der Waals surface area contributed by atoms with Crippen LogP contribution in [0.1, 0.15) is 19.2 Å². The molecule has 0 fully saturated rings. The van der Waals surface area contributed by atoms with Gasteiger partial charge in [-0.15, -0.1) is 0 Å². The Hall–Kier alpha value is -1.07. The van der Waals surface area contributed by atoms with E-state index in [-0.39, 0.29) is 6.54 Å². The minimum atomic E-state index is -4.13. The van der Waals surface area contributed by atoms with Crippen LogP contribution in [0.5, 0.6) is 0 Å². The third-order valence-corrected chi connectivity index (χ3v) is 1.62. The number of aryl methyl sites for hydroxylation is 2. The lowest BCUT2D eigenvalue weighted by Gasteiger charge is -2.07. The molecule has 1 aromatic rings. The summed E-state index contributed by atoms with van der Waals surface area (Å²) in [6.07, 6.45) is -3.12. The number of halogens is 3. The van der Waals surface area contributed by atoms with Gasteiger partial charge in [-0.2, -0.15) is 18.3 Å². The molecule has 0 unspecified atom stereocenters. The van der Waals surface area contributed by atoms with E-state index in [1.807, 2.05) is 6.92 Å². The zero-order chi connectivity index (χ0) is 9.90. The fourth-order valence-electron chi connectivity index (χ4n) is 0.981. The Morgan fingerprint density at radius 2 is 2.15 bits per heavy atom. The quantitative estimate of drug-likeness (QED) is 0.732. The second kappa shape index (κ2) is 3.76. The van der Waals surface area contributed by atoms with E-state index in [4.69, 9.17) is 0 Å². The van der Waals surface area contributed by atoms with Crippen molar-refractivity contribution >= 4 is 0 Å². The molecule has 0 radical (unpaired) electrons. The van der Waals surface area contributed by atoms with E-state index in [1.165, 1.54) is 11.0 Å². The van der Waals surface area contributed by atoms with Gasteiger partial charge < -0.3 is 0 Å². The van der Waals surface area contributed by atoms with Gasteiger partial charge in [0.15, 0.2) is 0 Å². The van der Waals surface area contributed by atoms with Gasteiger partial charge in [-0.25, -0.2) is 9.67 Å². The van der Waals surface area contributed by atoms with Crippen molar-refractivity contribution in [1.82, 2.24) is 14.8 Å². The van der Waals surface area contributed by atoms with Crippen LogP contribution in [0.3, 0.4) is 0 Å². The molecular formula is C7H10F3N3. The number of alkyl halides is 3. The van der Waals surface area contributed by atoms with Crippen molar-refractivity contribution in [3.63, 3.8) is 0 Å². The minimum Gasteiger partial charge on any atom is -0.250 e. The van der Waals surface area contributed by atoms with Crippen LogP contribution in [-0.2, 0) is 13.0 Å². The summed E-state index contributed by atoms with van der Waals surface area (Å²) in [5.41, 5.74) is 0. The second-order valence-electron chi connectivity index (χ2n) is 2.62. The molecule has 0 saturated heterocycles. The van der Waals surface area contributed by atoms with Crippen LogP contribution in [0.25, 0.3) is 0 Å². The van der Waals surface area contributed by atoms with Gasteiger partial charge in [-0.05, 0) is 0 Å². The van der Waals surface area contributed by atoms with Gasteiger partial charge in [0.1, 0.15) is 12.2 Å². The van der Waals surface area contributed by atoms with Crippen molar-refractivity contribution in [3.05, 3.63) is 12.2 Å². The summed E-state index contributed by atoms with van der Waals surface area (Å²) in [5.74, 6) is 0.587. The second-order valence-corrected chi connectivity index (χ2v) is 2.62. The number of rotatable bonds is 3. The molecule has 3 nitrogen and oxygen atoms in total. The average molecular weight is 193 g/mol. The zero-order valence-corrected chi connectivity index (χ0v) is 7.17. The van der Waals surface area contributed by atoms with Crippen LogP contribution in [0.2, 0.25) is 0 Å². The molecule has 0 spiro atoms. The van der Waals surface area contributed by atoms with Crippen molar-refractivity contribution < 1.29 is 13.2 Å². The molecule has 0 N–H and O–H groups in total. The van der Waals surface area contributed by atoms with E-state index in [1.54, 1.807) is 0 Å². The normalized spacial score (nSPS) is 12.0. The van der Waals surface area contributed by atoms with Crippen LogP contribution < -0.4 is 0 Å². The lowest BCUT2D eigenvalue weighted by atomic mass is 10.4. The van der Waals surface area contributed by atoms with Gasteiger partial charge in [0, 0.05) is 6.42 Å². The van der Waals surface area contributed by atoms with Crippen LogP contribution in [0, 0.1) is 0 Å². The first kappa shape index (κ1) is 10.0. The molecule has 0 aliphatic rings. The molecule has 0 bridgehead atoms. The Morgan fingerprint density at radius 3 is 2.69 bits per heavy atom. The highest BCUT2D eigenvalue weighted by atomic mass is 19.4. The Morgan fingerprint density at radius 1 is 1.46 bits per heavy atom. The smallest absolute Gasteiger partial charge is 0.250 e. The number of hydrogen-bond acceptors (Lipinski definition) is 2. The Kier molecular flexibility index (Phi) is 2.90. The lowest BCUT2D eigenvalue weighted by Crippen LogP contribution is -2.14. The molecule has 0 atom stereocenters. The Bertz CT molecular complexity index is 266. The average Bonchev–Trinajstić information content (AvgIpc) is 2.46. The van der Waals surface area contributed by atoms with Crippen LogP contribution >= 0.6 is 0 Å². The summed E-state index contributed by atoms with van der Waals surface area (Å²) in [6.45, 7) is 1.68. The molecule has 0 aromatic carbocycles. The molecule has 1 aromatic heterocycles. The maximum atomic E-state index is 11.8. The van der Waals surface area contributed by atoms with E-state index in [0.29, 0.717) is 12.2 Å². The van der Waals surface area contributed by atoms with Crippen molar-refractivity contribution in [3.8, 4) is 0 Å². The predicted octanol–water partition coefficient (Wildman–Crippen LogP) is 1.79. The lowest BCUT2D eigenvalue weighted by molar-refractivity contribution is -0.137. The third kappa shape index (κ3) is 3.04. The standard InChI is InChI=1S/C7H10F3N3/c1-2-6-11-5-12-13(6)4-3-7(8,9)10/h5H,2-4H2,1H3. The fourth-order valence-corrected chi connectivity index (χ4v) is 0.981. The topological polar surface area (TPSA) is 30.7 Å². The Labute approximate surface area is 73.6 Å². The summed E-state index contributed by atoms with van der Waals surface area (Å²) in [5, 5.41) is 3.70. The zero-order valence-electron chi connectivity index (χ0n) is 7.17. The monoisotopic (exact) mass is 193 g/mol. The molecule has 6 heteroatoms. The first-order valence-electron chi connectivity index (χ1n) is 3.96. The first-order valence-corrected chi connectivity index (χ1v) is 3.96. The maximum absolute atomic E-state index is 11.8. The highest BCUT2D eigenvalue weighted by Gasteiger charge is 2.27. The molecular weight excluding hydrogens is 183 g/mol. The number of hydrogen-bond donors (Lipinski definition) is 0. The number of nitrogens with zero attached hydrogens (tertiary/aromatic N) is 3. The summed E-state index contributed by atoms with van der Waals surface area (Å²) in [7, 11) is 0. The summed E-state index contributed by atoms with van der Waals surface area (Å²) in [6, 6.07) is 0. The highest BCUT2D eigenvalue weighted by molar-refractivity contribution is 4.82. The fraction of sp³-hybridized carbons (Fsp3) is 0.714. The first-order chi connectivity index (χ1) is 6.03. The molecule has 74 valence electrons. The van der Waals surface area contributed by atoms with E-state index >= 15 is 0 Å². The summed E-state index contributed by atoms with van der Waals surface area (Å²) in [4.78, 5) is 3.82.